The van der Waals surface area contributed by atoms with E-state index in [1.807, 2.05) is 13.8 Å². The summed E-state index contributed by atoms with van der Waals surface area (Å²) >= 11 is 0. The Kier molecular flexibility index (Phi) is 3.88. The van der Waals surface area contributed by atoms with Gasteiger partial charge in [-0.15, -0.1) is 0 Å². The zero-order valence-electron chi connectivity index (χ0n) is 11.9. The second-order valence-corrected chi connectivity index (χ2v) is 5.39. The van der Waals surface area contributed by atoms with Crippen LogP contribution in [0.15, 0.2) is 12.1 Å². The Balaban J connectivity index is 2.48. The smallest absolute Gasteiger partial charge is 0.314 e. The molecule has 0 bridgehead atoms. The van der Waals surface area contributed by atoms with Gasteiger partial charge in [0, 0.05) is 11.6 Å². The van der Waals surface area contributed by atoms with Gasteiger partial charge in [-0.1, -0.05) is 6.42 Å². The van der Waals surface area contributed by atoms with E-state index in [1.165, 1.54) is 19.2 Å². The van der Waals surface area contributed by atoms with Crippen LogP contribution in [-0.2, 0) is 10.2 Å². The highest BCUT2D eigenvalue weighted by atomic mass is 19.1. The van der Waals surface area contributed by atoms with E-state index in [2.05, 4.69) is 0 Å². The maximum Gasteiger partial charge on any atom is 0.314 e. The molecule has 0 aromatic heterocycles. The van der Waals surface area contributed by atoms with E-state index in [0.717, 1.165) is 6.42 Å². The Morgan fingerprint density at radius 1 is 1.35 bits per heavy atom. The van der Waals surface area contributed by atoms with E-state index < -0.39 is 17.2 Å². The Labute approximate surface area is 117 Å². The molecule has 20 heavy (non-hydrogen) atoms. The SMILES string of the molecule is COc1cc(C2(C(=O)O)CCC2)c(F)cc1OC(C)C. The van der Waals surface area contributed by atoms with Crippen molar-refractivity contribution < 1.29 is 23.8 Å². The largest absolute Gasteiger partial charge is 0.493 e. The van der Waals surface area contributed by atoms with E-state index in [0.29, 0.717) is 24.3 Å². The lowest BCUT2D eigenvalue weighted by atomic mass is 9.64. The van der Waals surface area contributed by atoms with Crippen molar-refractivity contribution in [2.45, 2.75) is 44.6 Å². The first kappa shape index (κ1) is 14.6. The molecule has 1 aromatic carbocycles. The maximum absolute atomic E-state index is 14.3. The predicted molar refractivity (Wildman–Crippen MR) is 71.9 cm³/mol. The summed E-state index contributed by atoms with van der Waals surface area (Å²) in [5.41, 5.74) is -0.933. The molecule has 1 saturated carbocycles. The van der Waals surface area contributed by atoms with Gasteiger partial charge in [0.2, 0.25) is 0 Å². The average Bonchev–Trinajstić information content (AvgIpc) is 2.29. The highest BCUT2D eigenvalue weighted by Crippen LogP contribution is 2.47. The fraction of sp³-hybridized carbons (Fsp3) is 0.533. The second-order valence-electron chi connectivity index (χ2n) is 5.39. The first-order valence-corrected chi connectivity index (χ1v) is 6.69. The standard InChI is InChI=1S/C15H19FO4/c1-9(2)20-13-8-11(16)10(7-12(13)19-3)15(14(17)18)5-4-6-15/h7-9H,4-6H2,1-3H3,(H,17,18). The minimum atomic E-state index is -1.12. The van der Waals surface area contributed by atoms with Crippen LogP contribution in [0, 0.1) is 5.82 Å². The van der Waals surface area contributed by atoms with E-state index in [-0.39, 0.29) is 11.7 Å². The number of hydrogen-bond donors (Lipinski definition) is 1. The summed E-state index contributed by atoms with van der Waals surface area (Å²) in [4.78, 5) is 11.5. The van der Waals surface area contributed by atoms with E-state index in [9.17, 15) is 14.3 Å². The number of benzene rings is 1. The summed E-state index contributed by atoms with van der Waals surface area (Å²) in [5.74, 6) is -0.878. The van der Waals surface area contributed by atoms with Crippen LogP contribution in [0.3, 0.4) is 0 Å². The molecular weight excluding hydrogens is 263 g/mol. The molecule has 0 atom stereocenters. The minimum absolute atomic E-state index is 0.119. The minimum Gasteiger partial charge on any atom is -0.493 e. The van der Waals surface area contributed by atoms with Crippen LogP contribution in [-0.4, -0.2) is 24.3 Å². The van der Waals surface area contributed by atoms with Gasteiger partial charge in [-0.2, -0.15) is 0 Å². The second kappa shape index (κ2) is 5.31. The lowest BCUT2D eigenvalue weighted by Gasteiger charge is -2.38. The third-order valence-corrected chi connectivity index (χ3v) is 3.75. The molecule has 1 aliphatic carbocycles. The number of halogens is 1. The Morgan fingerprint density at radius 3 is 2.40 bits per heavy atom. The van der Waals surface area contributed by atoms with Crippen molar-refractivity contribution in [3.05, 3.63) is 23.5 Å². The number of carboxylic acids is 1. The fourth-order valence-corrected chi connectivity index (χ4v) is 2.54. The van der Waals surface area contributed by atoms with Crippen molar-refractivity contribution in [1.29, 1.82) is 0 Å². The van der Waals surface area contributed by atoms with Gasteiger partial charge in [0.1, 0.15) is 5.82 Å². The number of carboxylic acid groups (broad SMARTS) is 1. The maximum atomic E-state index is 14.3. The zero-order chi connectivity index (χ0) is 14.9. The molecular formula is C15H19FO4. The van der Waals surface area contributed by atoms with Crippen molar-refractivity contribution in [2.24, 2.45) is 0 Å². The van der Waals surface area contributed by atoms with Gasteiger partial charge in [0.25, 0.3) is 0 Å². The van der Waals surface area contributed by atoms with Crippen LogP contribution >= 0.6 is 0 Å². The van der Waals surface area contributed by atoms with Crippen LogP contribution in [0.1, 0.15) is 38.7 Å². The summed E-state index contributed by atoms with van der Waals surface area (Å²) < 4.78 is 25.0. The van der Waals surface area contributed by atoms with Crippen LogP contribution < -0.4 is 9.47 Å². The summed E-state index contributed by atoms with van der Waals surface area (Å²) in [7, 11) is 1.46. The number of hydrogen-bond acceptors (Lipinski definition) is 3. The van der Waals surface area contributed by atoms with Crippen LogP contribution in [0.5, 0.6) is 11.5 Å². The van der Waals surface area contributed by atoms with E-state index in [4.69, 9.17) is 9.47 Å². The normalized spacial score (nSPS) is 16.6. The Morgan fingerprint density at radius 2 is 2.00 bits per heavy atom. The fourth-order valence-electron chi connectivity index (χ4n) is 2.54. The number of carbonyl (C=O) groups is 1. The molecule has 1 aliphatic rings. The molecule has 4 nitrogen and oxygen atoms in total. The molecule has 1 fully saturated rings. The third-order valence-electron chi connectivity index (χ3n) is 3.75. The first-order valence-electron chi connectivity index (χ1n) is 6.69. The quantitative estimate of drug-likeness (QED) is 0.901. The van der Waals surface area contributed by atoms with Crippen LogP contribution in [0.2, 0.25) is 0 Å². The number of ether oxygens (including phenoxy) is 2. The number of aliphatic carboxylic acids is 1. The highest BCUT2D eigenvalue weighted by molar-refractivity contribution is 5.83. The van der Waals surface area contributed by atoms with Crippen molar-refractivity contribution in [2.75, 3.05) is 7.11 Å². The molecule has 2 rings (SSSR count). The average molecular weight is 282 g/mol. The topological polar surface area (TPSA) is 55.8 Å². The molecule has 0 heterocycles. The van der Waals surface area contributed by atoms with Crippen molar-refractivity contribution in [1.82, 2.24) is 0 Å². The van der Waals surface area contributed by atoms with Gasteiger partial charge in [0.15, 0.2) is 11.5 Å². The predicted octanol–water partition coefficient (Wildman–Crippen LogP) is 3.13. The van der Waals surface area contributed by atoms with E-state index >= 15 is 0 Å². The van der Waals surface area contributed by atoms with Gasteiger partial charge in [-0.3, -0.25) is 4.79 Å². The highest BCUT2D eigenvalue weighted by Gasteiger charge is 2.48. The van der Waals surface area contributed by atoms with Gasteiger partial charge in [-0.25, -0.2) is 4.39 Å². The molecule has 5 heteroatoms. The molecule has 0 unspecified atom stereocenters. The number of methoxy groups -OCH3 is 1. The summed E-state index contributed by atoms with van der Waals surface area (Å²) in [6.45, 7) is 3.66. The summed E-state index contributed by atoms with van der Waals surface area (Å²) in [6.07, 6.45) is 1.57. The lowest BCUT2D eigenvalue weighted by molar-refractivity contribution is -0.147. The molecule has 0 radical (unpaired) electrons. The van der Waals surface area contributed by atoms with E-state index in [1.54, 1.807) is 0 Å². The lowest BCUT2D eigenvalue weighted by Crippen LogP contribution is -2.43. The summed E-state index contributed by atoms with van der Waals surface area (Å²) in [6, 6.07) is 2.68. The zero-order valence-corrected chi connectivity index (χ0v) is 11.9. The molecule has 0 saturated heterocycles. The van der Waals surface area contributed by atoms with Crippen molar-refractivity contribution in [3.63, 3.8) is 0 Å². The molecule has 110 valence electrons. The van der Waals surface area contributed by atoms with Gasteiger partial charge in [0.05, 0.1) is 18.6 Å². The Bertz CT molecular complexity index is 521. The molecule has 0 amide bonds. The number of rotatable bonds is 5. The van der Waals surface area contributed by atoms with Crippen LogP contribution in [0.4, 0.5) is 4.39 Å². The third kappa shape index (κ3) is 2.32. The van der Waals surface area contributed by atoms with Gasteiger partial charge < -0.3 is 14.6 Å². The molecule has 0 aliphatic heterocycles. The molecule has 1 N–H and O–H groups in total. The van der Waals surface area contributed by atoms with Crippen molar-refractivity contribution >= 4 is 5.97 Å². The Hall–Kier alpha value is -1.78. The van der Waals surface area contributed by atoms with Gasteiger partial charge >= 0.3 is 5.97 Å². The molecule has 1 aromatic rings. The monoisotopic (exact) mass is 282 g/mol. The van der Waals surface area contributed by atoms with Crippen LogP contribution in [0.25, 0.3) is 0 Å². The first-order chi connectivity index (χ1) is 9.40. The van der Waals surface area contributed by atoms with Crippen molar-refractivity contribution in [3.8, 4) is 11.5 Å². The molecule has 0 spiro atoms. The van der Waals surface area contributed by atoms with Gasteiger partial charge in [-0.05, 0) is 32.8 Å². The summed E-state index contributed by atoms with van der Waals surface area (Å²) in [5, 5.41) is 9.40.